The van der Waals surface area contributed by atoms with E-state index in [9.17, 15) is 9.59 Å². The van der Waals surface area contributed by atoms with Crippen LogP contribution in [0.1, 0.15) is 25.7 Å². The van der Waals surface area contributed by atoms with Crippen molar-refractivity contribution >= 4 is 35.0 Å². The SMILES string of the molecule is O=C(COc1ccc(Cl)cc1)N[C@H]1CC[C@H](NC(=O)COc2ccc(Cl)cc2)CC1. The third-order valence-corrected chi connectivity index (χ3v) is 5.33. The molecule has 0 bridgehead atoms. The van der Waals surface area contributed by atoms with Gasteiger partial charge in [0.25, 0.3) is 11.8 Å². The molecule has 0 aromatic heterocycles. The Labute approximate surface area is 185 Å². The Bertz CT molecular complexity index is 764. The lowest BCUT2D eigenvalue weighted by Crippen LogP contribution is -2.45. The molecule has 1 aliphatic rings. The Hall–Kier alpha value is -2.44. The van der Waals surface area contributed by atoms with Crippen molar-refractivity contribution in [1.29, 1.82) is 0 Å². The highest BCUT2D eigenvalue weighted by molar-refractivity contribution is 6.30. The summed E-state index contributed by atoms with van der Waals surface area (Å²) in [6.45, 7) is -0.0827. The maximum absolute atomic E-state index is 12.1. The van der Waals surface area contributed by atoms with E-state index in [-0.39, 0.29) is 37.1 Å². The fraction of sp³-hybridized carbons (Fsp3) is 0.364. The van der Waals surface area contributed by atoms with Gasteiger partial charge in [-0.3, -0.25) is 9.59 Å². The Morgan fingerprint density at radius 2 is 1.03 bits per heavy atom. The molecule has 160 valence electrons. The van der Waals surface area contributed by atoms with Crippen molar-refractivity contribution in [2.45, 2.75) is 37.8 Å². The maximum atomic E-state index is 12.1. The Kier molecular flexibility index (Phi) is 8.22. The molecule has 2 N–H and O–H groups in total. The van der Waals surface area contributed by atoms with E-state index in [1.54, 1.807) is 48.5 Å². The lowest BCUT2D eigenvalue weighted by Gasteiger charge is -2.29. The van der Waals surface area contributed by atoms with E-state index in [1.165, 1.54) is 0 Å². The molecule has 3 rings (SSSR count). The first kappa shape index (κ1) is 22.2. The van der Waals surface area contributed by atoms with E-state index in [4.69, 9.17) is 32.7 Å². The zero-order valence-corrected chi connectivity index (χ0v) is 17.9. The van der Waals surface area contributed by atoms with Gasteiger partial charge in [-0.25, -0.2) is 0 Å². The highest BCUT2D eigenvalue weighted by Gasteiger charge is 2.23. The van der Waals surface area contributed by atoms with Crippen molar-refractivity contribution in [2.75, 3.05) is 13.2 Å². The van der Waals surface area contributed by atoms with Gasteiger partial charge >= 0.3 is 0 Å². The molecule has 0 atom stereocenters. The van der Waals surface area contributed by atoms with Crippen molar-refractivity contribution in [3.8, 4) is 11.5 Å². The molecule has 2 aromatic carbocycles. The third kappa shape index (κ3) is 7.43. The maximum Gasteiger partial charge on any atom is 0.258 e. The normalized spacial score (nSPS) is 18.3. The molecule has 1 aliphatic carbocycles. The number of halogens is 2. The number of hydrogen-bond acceptors (Lipinski definition) is 4. The molecule has 0 saturated heterocycles. The van der Waals surface area contributed by atoms with Crippen molar-refractivity contribution in [3.63, 3.8) is 0 Å². The van der Waals surface area contributed by atoms with Crippen LogP contribution in [0.15, 0.2) is 48.5 Å². The minimum absolute atomic E-state index is 0.0413. The van der Waals surface area contributed by atoms with Crippen molar-refractivity contribution in [1.82, 2.24) is 10.6 Å². The smallest absolute Gasteiger partial charge is 0.258 e. The number of carbonyl (C=O) groups is 2. The molecule has 0 aliphatic heterocycles. The first-order valence-electron chi connectivity index (χ1n) is 9.83. The zero-order valence-electron chi connectivity index (χ0n) is 16.4. The van der Waals surface area contributed by atoms with Crippen molar-refractivity contribution in [2.24, 2.45) is 0 Å². The van der Waals surface area contributed by atoms with E-state index in [1.807, 2.05) is 0 Å². The largest absolute Gasteiger partial charge is 0.484 e. The van der Waals surface area contributed by atoms with Crippen LogP contribution in [-0.4, -0.2) is 37.1 Å². The Balaban J connectivity index is 1.31. The topological polar surface area (TPSA) is 76.7 Å². The number of hydrogen-bond donors (Lipinski definition) is 2. The van der Waals surface area contributed by atoms with Crippen LogP contribution in [0, 0.1) is 0 Å². The standard InChI is InChI=1S/C22H24Cl2N2O4/c23-15-1-9-19(10-2-15)29-13-21(27)25-17-5-7-18(8-6-17)26-22(28)14-30-20-11-3-16(24)4-12-20/h1-4,9-12,17-18H,5-8,13-14H2,(H,25,27)(H,26,28)/t17-,18-. The minimum atomic E-state index is -0.159. The van der Waals surface area contributed by atoms with Gasteiger partial charge in [0.15, 0.2) is 13.2 Å². The summed E-state index contributed by atoms with van der Waals surface area (Å²) in [7, 11) is 0. The summed E-state index contributed by atoms with van der Waals surface area (Å²) in [5, 5.41) is 7.21. The lowest BCUT2D eigenvalue weighted by molar-refractivity contribution is -0.125. The first-order valence-corrected chi connectivity index (χ1v) is 10.6. The van der Waals surface area contributed by atoms with Crippen LogP contribution in [0.5, 0.6) is 11.5 Å². The second-order valence-corrected chi connectivity index (χ2v) is 8.04. The summed E-state index contributed by atoms with van der Waals surface area (Å²) < 4.78 is 10.9. The third-order valence-electron chi connectivity index (χ3n) is 4.82. The van der Waals surface area contributed by atoms with Gasteiger partial charge in [0, 0.05) is 22.1 Å². The number of ether oxygens (including phenoxy) is 2. The molecule has 0 heterocycles. The van der Waals surface area contributed by atoms with Gasteiger partial charge in [-0.15, -0.1) is 0 Å². The molecule has 0 unspecified atom stereocenters. The molecule has 1 saturated carbocycles. The van der Waals surface area contributed by atoms with Crippen LogP contribution in [0.2, 0.25) is 10.0 Å². The van der Waals surface area contributed by atoms with Crippen LogP contribution in [0.25, 0.3) is 0 Å². The van der Waals surface area contributed by atoms with Crippen molar-refractivity contribution < 1.29 is 19.1 Å². The van der Waals surface area contributed by atoms with Gasteiger partial charge in [-0.1, -0.05) is 23.2 Å². The Morgan fingerprint density at radius 1 is 0.700 bits per heavy atom. The quantitative estimate of drug-likeness (QED) is 0.637. The number of carbonyl (C=O) groups excluding carboxylic acids is 2. The van der Waals surface area contributed by atoms with E-state index >= 15 is 0 Å². The summed E-state index contributed by atoms with van der Waals surface area (Å²) in [4.78, 5) is 24.2. The van der Waals surface area contributed by atoms with Gasteiger partial charge in [0.05, 0.1) is 0 Å². The summed E-state index contributed by atoms with van der Waals surface area (Å²) in [6.07, 6.45) is 3.21. The molecule has 2 amide bonds. The zero-order chi connectivity index (χ0) is 21.3. The molecule has 8 heteroatoms. The van der Waals surface area contributed by atoms with Gasteiger partial charge < -0.3 is 20.1 Å². The summed E-state index contributed by atoms with van der Waals surface area (Å²) in [5.74, 6) is 0.881. The molecule has 6 nitrogen and oxygen atoms in total. The van der Waals surface area contributed by atoms with Crippen LogP contribution >= 0.6 is 23.2 Å². The van der Waals surface area contributed by atoms with Crippen LogP contribution in [0.4, 0.5) is 0 Å². The van der Waals surface area contributed by atoms with Gasteiger partial charge in [0.1, 0.15) is 11.5 Å². The fourth-order valence-corrected chi connectivity index (χ4v) is 3.53. The van der Waals surface area contributed by atoms with E-state index < -0.39 is 0 Å². The van der Waals surface area contributed by atoms with Crippen LogP contribution in [-0.2, 0) is 9.59 Å². The predicted octanol–water partition coefficient (Wildman–Crippen LogP) is 3.99. The van der Waals surface area contributed by atoms with E-state index in [0.717, 1.165) is 25.7 Å². The summed E-state index contributed by atoms with van der Waals surface area (Å²) >= 11 is 11.6. The highest BCUT2D eigenvalue weighted by atomic mass is 35.5. The van der Waals surface area contributed by atoms with Gasteiger partial charge in [0.2, 0.25) is 0 Å². The van der Waals surface area contributed by atoms with Gasteiger partial charge in [-0.05, 0) is 74.2 Å². The highest BCUT2D eigenvalue weighted by Crippen LogP contribution is 2.20. The summed E-state index contributed by atoms with van der Waals surface area (Å²) in [6, 6.07) is 13.9. The number of rotatable bonds is 8. The first-order chi connectivity index (χ1) is 14.5. The van der Waals surface area contributed by atoms with E-state index in [0.29, 0.717) is 21.5 Å². The molecular weight excluding hydrogens is 427 g/mol. The predicted molar refractivity (Wildman–Crippen MR) is 116 cm³/mol. The molecule has 2 aromatic rings. The number of benzene rings is 2. The molecule has 0 radical (unpaired) electrons. The fourth-order valence-electron chi connectivity index (χ4n) is 3.28. The van der Waals surface area contributed by atoms with Gasteiger partial charge in [-0.2, -0.15) is 0 Å². The van der Waals surface area contributed by atoms with Crippen LogP contribution in [0.3, 0.4) is 0 Å². The summed E-state index contributed by atoms with van der Waals surface area (Å²) in [5.41, 5.74) is 0. The van der Waals surface area contributed by atoms with Crippen LogP contribution < -0.4 is 20.1 Å². The average molecular weight is 451 g/mol. The second-order valence-electron chi connectivity index (χ2n) is 7.17. The Morgan fingerprint density at radius 3 is 1.37 bits per heavy atom. The number of amides is 2. The van der Waals surface area contributed by atoms with Crippen molar-refractivity contribution in [3.05, 3.63) is 58.6 Å². The lowest BCUT2D eigenvalue weighted by atomic mass is 9.91. The number of nitrogens with one attached hydrogen (secondary N) is 2. The molecule has 0 spiro atoms. The molecule has 30 heavy (non-hydrogen) atoms. The monoisotopic (exact) mass is 450 g/mol. The average Bonchev–Trinajstić information content (AvgIpc) is 2.74. The molecular formula is C22H24Cl2N2O4. The van der Waals surface area contributed by atoms with E-state index in [2.05, 4.69) is 10.6 Å². The molecule has 1 fully saturated rings. The second kappa shape index (κ2) is 11.1. The minimum Gasteiger partial charge on any atom is -0.484 e.